The molecule has 0 unspecified atom stereocenters. The Morgan fingerprint density at radius 3 is 2.50 bits per heavy atom. The maximum Gasteiger partial charge on any atom is 0.408 e. The van der Waals surface area contributed by atoms with Crippen LogP contribution in [0.4, 0.5) is 4.79 Å². The Labute approximate surface area is 375 Å². The summed E-state index contributed by atoms with van der Waals surface area (Å²) in [5.74, 6) is 1.89. The van der Waals surface area contributed by atoms with Crippen molar-refractivity contribution < 1.29 is 23.7 Å². The maximum absolute atomic E-state index is 13.6. The van der Waals surface area contributed by atoms with E-state index in [4.69, 9.17) is 23.9 Å². The van der Waals surface area contributed by atoms with Gasteiger partial charge in [0.1, 0.15) is 18.0 Å². The van der Waals surface area contributed by atoms with Crippen molar-refractivity contribution in [2.24, 2.45) is 0 Å². The highest BCUT2D eigenvalue weighted by Gasteiger charge is 2.30. The van der Waals surface area contributed by atoms with Gasteiger partial charge < -0.3 is 33.7 Å². The number of halogens is 1. The number of carbonyl (C=O) groups excluding carboxylic acids is 1. The van der Waals surface area contributed by atoms with Crippen molar-refractivity contribution in [3.63, 3.8) is 0 Å². The number of piperidine rings is 1. The second-order valence-electron chi connectivity index (χ2n) is 18.1. The van der Waals surface area contributed by atoms with Gasteiger partial charge >= 0.3 is 6.09 Å². The molecular weight excluding hydrogens is 869 g/mol. The molecule has 2 aliphatic heterocycles. The lowest BCUT2D eigenvalue weighted by molar-refractivity contribution is 0.0414. The number of aryl methyl sites for hydroxylation is 1. The number of amides is 1. The molecule has 6 aromatic rings. The van der Waals surface area contributed by atoms with Gasteiger partial charge in [-0.3, -0.25) is 9.20 Å². The fourth-order valence-electron chi connectivity index (χ4n) is 9.57. The third-order valence-electron chi connectivity index (χ3n) is 12.7. The molecule has 1 saturated carbocycles. The molecule has 12 nitrogen and oxygen atoms in total. The van der Waals surface area contributed by atoms with E-state index in [1.165, 1.54) is 18.4 Å². The molecule has 9 rings (SSSR count). The number of ether oxygens (including phenoxy) is 4. The minimum Gasteiger partial charge on any atom is -0.491 e. The highest BCUT2D eigenvalue weighted by Crippen LogP contribution is 2.42. The SMILES string of the molecule is Cc1ncsc1-c1ccc([C@H](COCCN2CCC(c3cc4c(cc3OC[C@@H]3CCCO3)n3c5cccc(Br)c5c(=O)nc3n4C3CCCC3)CC2)NC(=O)OC(C)(C)C)cc1. The predicted octanol–water partition coefficient (Wildman–Crippen LogP) is 10.1. The van der Waals surface area contributed by atoms with Crippen LogP contribution in [0.1, 0.15) is 107 Å². The molecule has 1 N–H and O–H groups in total. The van der Waals surface area contributed by atoms with Crippen LogP contribution in [0.2, 0.25) is 0 Å². The second kappa shape index (κ2) is 18.4. The molecular formula is C48H57BrN6O6S. The van der Waals surface area contributed by atoms with E-state index in [0.717, 1.165) is 113 Å². The molecule has 3 aliphatic rings. The normalized spacial score (nSPS) is 18.6. The molecule has 3 fully saturated rings. The number of fused-ring (bicyclic) bond motifs is 5. The van der Waals surface area contributed by atoms with Crippen molar-refractivity contribution in [2.75, 3.05) is 46.1 Å². The first-order chi connectivity index (χ1) is 30.0. The highest BCUT2D eigenvalue weighted by molar-refractivity contribution is 9.10. The topological polar surface area (TPSA) is 121 Å². The third kappa shape index (κ3) is 9.17. The van der Waals surface area contributed by atoms with E-state index in [1.807, 2.05) is 63.5 Å². The number of rotatable bonds is 13. The van der Waals surface area contributed by atoms with Gasteiger partial charge in [0, 0.05) is 29.7 Å². The van der Waals surface area contributed by atoms with E-state index >= 15 is 0 Å². The highest BCUT2D eigenvalue weighted by atomic mass is 79.9. The van der Waals surface area contributed by atoms with Crippen LogP contribution in [0.5, 0.6) is 5.75 Å². The van der Waals surface area contributed by atoms with E-state index in [9.17, 15) is 9.59 Å². The van der Waals surface area contributed by atoms with Gasteiger partial charge in [0.25, 0.3) is 5.56 Å². The number of imidazole rings is 1. The zero-order valence-electron chi connectivity index (χ0n) is 36.2. The molecule has 5 heterocycles. The van der Waals surface area contributed by atoms with Crippen molar-refractivity contribution >= 4 is 61.1 Å². The van der Waals surface area contributed by atoms with Gasteiger partial charge in [-0.15, -0.1) is 11.3 Å². The second-order valence-corrected chi connectivity index (χ2v) is 19.8. The molecule has 2 atom stereocenters. The van der Waals surface area contributed by atoms with Gasteiger partial charge in [-0.1, -0.05) is 43.2 Å². The van der Waals surface area contributed by atoms with E-state index in [-0.39, 0.29) is 23.7 Å². The third-order valence-corrected chi connectivity index (χ3v) is 14.3. The first-order valence-corrected chi connectivity index (χ1v) is 23.9. The molecule has 1 amide bonds. The number of carbonyl (C=O) groups is 1. The van der Waals surface area contributed by atoms with Crippen LogP contribution in [0.15, 0.2) is 69.4 Å². The molecule has 3 aromatic heterocycles. The van der Waals surface area contributed by atoms with Crippen LogP contribution in [-0.2, 0) is 14.2 Å². The summed E-state index contributed by atoms with van der Waals surface area (Å²) >= 11 is 5.27. The fraction of sp³-hybridized carbons (Fsp3) is 0.500. The van der Waals surface area contributed by atoms with E-state index in [0.29, 0.717) is 36.9 Å². The number of nitrogens with one attached hydrogen (secondary N) is 1. The van der Waals surface area contributed by atoms with E-state index in [2.05, 4.69) is 64.4 Å². The smallest absolute Gasteiger partial charge is 0.408 e. The number of hydrogen-bond acceptors (Lipinski definition) is 10. The molecule has 1 aliphatic carbocycles. The van der Waals surface area contributed by atoms with Gasteiger partial charge in [-0.05, 0) is 136 Å². The molecule has 0 radical (unpaired) electrons. The maximum atomic E-state index is 13.6. The number of aromatic nitrogens is 4. The summed E-state index contributed by atoms with van der Waals surface area (Å²) < 4.78 is 30.0. The van der Waals surface area contributed by atoms with Gasteiger partial charge in [-0.2, -0.15) is 4.98 Å². The van der Waals surface area contributed by atoms with Crippen LogP contribution in [0.25, 0.3) is 38.2 Å². The molecule has 0 bridgehead atoms. The Bertz CT molecular complexity index is 2600. The summed E-state index contributed by atoms with van der Waals surface area (Å²) in [6.45, 7) is 12.4. The Morgan fingerprint density at radius 2 is 1.79 bits per heavy atom. The zero-order valence-corrected chi connectivity index (χ0v) is 38.6. The number of likely N-dealkylation sites (tertiary alicyclic amines) is 1. The molecule has 2 saturated heterocycles. The summed E-state index contributed by atoms with van der Waals surface area (Å²) in [5.41, 5.74) is 8.26. The number of nitrogens with zero attached hydrogens (tertiary/aromatic N) is 5. The molecule has 0 spiro atoms. The number of benzene rings is 3. The lowest BCUT2D eigenvalue weighted by atomic mass is 9.88. The Kier molecular flexibility index (Phi) is 12.7. The summed E-state index contributed by atoms with van der Waals surface area (Å²) in [6.07, 6.45) is 8.09. The molecule has 328 valence electrons. The quantitative estimate of drug-likeness (QED) is 0.113. The number of alkyl carbamates (subject to hydrolysis) is 1. The molecule has 3 aromatic carbocycles. The van der Waals surface area contributed by atoms with Crippen LogP contribution < -0.4 is 15.6 Å². The summed E-state index contributed by atoms with van der Waals surface area (Å²) in [4.78, 5) is 39.3. The Hall–Kier alpha value is -4.34. The average molecular weight is 926 g/mol. The van der Waals surface area contributed by atoms with Crippen LogP contribution in [0, 0.1) is 6.92 Å². The van der Waals surface area contributed by atoms with Crippen molar-refractivity contribution in [2.45, 2.75) is 109 Å². The first-order valence-electron chi connectivity index (χ1n) is 22.2. The standard InChI is InChI=1S/C48H57BrN6O6S/c1-30-44(62-29-50-30)33-16-14-32(15-17-33)38(51-47(57)61-48(2,3)4)28-58-24-22-53-20-18-31(19-21-53)36-25-40-41(26-42(36)60-27-35-11-8-23-59-35)55-39-13-7-12-37(49)43(39)45(56)52-46(55)54(40)34-9-5-6-10-34/h7,12-17,25-26,29,31,34-35,38H,5-6,8-11,18-24,27-28H2,1-4H3,(H,51,57)/t35-,38-/m0/s1. The minimum absolute atomic E-state index is 0.0840. The lowest BCUT2D eigenvalue weighted by Gasteiger charge is -2.33. The van der Waals surface area contributed by atoms with Gasteiger partial charge in [0.2, 0.25) is 5.78 Å². The average Bonchev–Trinajstić information content (AvgIpc) is 4.09. The first kappa shape index (κ1) is 42.9. The predicted molar refractivity (Wildman–Crippen MR) is 248 cm³/mol. The van der Waals surface area contributed by atoms with Gasteiger partial charge in [0.15, 0.2) is 0 Å². The Morgan fingerprint density at radius 1 is 1.00 bits per heavy atom. The summed E-state index contributed by atoms with van der Waals surface area (Å²) in [7, 11) is 0. The molecule has 14 heteroatoms. The Balaban J connectivity index is 0.925. The van der Waals surface area contributed by atoms with E-state index < -0.39 is 11.7 Å². The fourth-order valence-corrected chi connectivity index (χ4v) is 10.9. The van der Waals surface area contributed by atoms with Crippen molar-refractivity contribution in [1.29, 1.82) is 0 Å². The van der Waals surface area contributed by atoms with Gasteiger partial charge in [0.05, 0.1) is 63.4 Å². The van der Waals surface area contributed by atoms with Crippen LogP contribution in [0.3, 0.4) is 0 Å². The largest absolute Gasteiger partial charge is 0.491 e. The monoisotopic (exact) mass is 924 g/mol. The van der Waals surface area contributed by atoms with E-state index in [1.54, 1.807) is 11.3 Å². The number of thiazole rings is 1. The summed E-state index contributed by atoms with van der Waals surface area (Å²) in [6, 6.07) is 18.6. The zero-order chi connectivity index (χ0) is 43.0. The van der Waals surface area contributed by atoms with Gasteiger partial charge in [-0.25, -0.2) is 9.78 Å². The summed E-state index contributed by atoms with van der Waals surface area (Å²) in [5, 5.41) is 3.64. The van der Waals surface area contributed by atoms with Crippen LogP contribution >= 0.6 is 27.3 Å². The van der Waals surface area contributed by atoms with Crippen molar-refractivity contribution in [3.8, 4) is 16.2 Å². The van der Waals surface area contributed by atoms with Crippen molar-refractivity contribution in [1.82, 2.24) is 29.2 Å². The van der Waals surface area contributed by atoms with Crippen LogP contribution in [-0.4, -0.2) is 87.7 Å². The number of hydrogen-bond donors (Lipinski definition) is 1. The lowest BCUT2D eigenvalue weighted by Crippen LogP contribution is -2.38. The van der Waals surface area contributed by atoms with Crippen molar-refractivity contribution in [3.05, 3.63) is 91.8 Å². The minimum atomic E-state index is -0.614. The molecule has 62 heavy (non-hydrogen) atoms.